The van der Waals surface area contributed by atoms with E-state index in [2.05, 4.69) is 20.6 Å². The van der Waals surface area contributed by atoms with Gasteiger partial charge in [0.05, 0.1) is 12.3 Å². The molecule has 0 saturated heterocycles. The fourth-order valence-electron chi connectivity index (χ4n) is 2.20. The summed E-state index contributed by atoms with van der Waals surface area (Å²) in [5.41, 5.74) is 0. The zero-order chi connectivity index (χ0) is 13.7. The van der Waals surface area contributed by atoms with Crippen molar-refractivity contribution in [1.82, 2.24) is 9.97 Å². The van der Waals surface area contributed by atoms with Crippen LogP contribution in [0.15, 0.2) is 6.20 Å². The van der Waals surface area contributed by atoms with Gasteiger partial charge in [0.1, 0.15) is 0 Å². The van der Waals surface area contributed by atoms with Crippen LogP contribution in [0.2, 0.25) is 0 Å². The third kappa shape index (κ3) is 4.02. The summed E-state index contributed by atoms with van der Waals surface area (Å²) in [4.78, 5) is 8.06. The van der Waals surface area contributed by atoms with E-state index in [1.807, 2.05) is 6.92 Å². The molecule has 1 aromatic heterocycles. The highest BCUT2D eigenvalue weighted by Gasteiger charge is 2.20. The minimum atomic E-state index is -0.437. The van der Waals surface area contributed by atoms with E-state index in [4.69, 9.17) is 0 Å². The quantitative estimate of drug-likeness (QED) is 0.763. The second-order valence-electron chi connectivity index (χ2n) is 4.97. The van der Waals surface area contributed by atoms with Gasteiger partial charge in [-0.1, -0.05) is 6.92 Å². The predicted molar refractivity (Wildman–Crippen MR) is 72.7 cm³/mol. The Bertz CT molecular complexity index is 408. The van der Waals surface area contributed by atoms with Crippen molar-refractivity contribution in [1.29, 1.82) is 0 Å². The molecule has 0 bridgehead atoms. The molecule has 3 N–H and O–H groups in total. The standard InChI is InChI=1S/C13H21FN4O/c1-2-7-15-13-16-8-11(14)12(18-13)17-9-3-5-10(19)6-4-9/h8-10,19H,2-7H2,1H3,(H2,15,16,17,18). The Morgan fingerprint density at radius 3 is 2.79 bits per heavy atom. The van der Waals surface area contributed by atoms with Crippen LogP contribution < -0.4 is 10.6 Å². The SMILES string of the molecule is CCCNc1ncc(F)c(NC2CCC(O)CC2)n1. The summed E-state index contributed by atoms with van der Waals surface area (Å²) >= 11 is 0. The van der Waals surface area contributed by atoms with E-state index >= 15 is 0 Å². The van der Waals surface area contributed by atoms with Crippen molar-refractivity contribution in [2.24, 2.45) is 0 Å². The van der Waals surface area contributed by atoms with Gasteiger partial charge < -0.3 is 15.7 Å². The topological polar surface area (TPSA) is 70.1 Å². The minimum absolute atomic E-state index is 0.173. The third-order valence-corrected chi connectivity index (χ3v) is 3.31. The molecule has 0 radical (unpaired) electrons. The molecule has 0 aromatic carbocycles. The molecule has 106 valence electrons. The molecule has 19 heavy (non-hydrogen) atoms. The molecule has 1 saturated carbocycles. The lowest BCUT2D eigenvalue weighted by Crippen LogP contribution is -2.29. The van der Waals surface area contributed by atoms with E-state index in [9.17, 15) is 9.50 Å². The Labute approximate surface area is 112 Å². The number of rotatable bonds is 5. The highest BCUT2D eigenvalue weighted by atomic mass is 19.1. The summed E-state index contributed by atoms with van der Waals surface area (Å²) in [6.07, 6.45) is 5.12. The van der Waals surface area contributed by atoms with Gasteiger partial charge in [0.25, 0.3) is 0 Å². The van der Waals surface area contributed by atoms with Gasteiger partial charge >= 0.3 is 0 Å². The summed E-state index contributed by atoms with van der Waals surface area (Å²) in [5, 5.41) is 15.6. The van der Waals surface area contributed by atoms with Gasteiger partial charge in [-0.25, -0.2) is 9.37 Å². The maximum absolute atomic E-state index is 13.7. The lowest BCUT2D eigenvalue weighted by molar-refractivity contribution is 0.126. The summed E-state index contributed by atoms with van der Waals surface area (Å²) in [5.74, 6) is 0.254. The molecular weight excluding hydrogens is 247 g/mol. The Hall–Kier alpha value is -1.43. The number of hydrogen-bond acceptors (Lipinski definition) is 5. The van der Waals surface area contributed by atoms with Crippen molar-refractivity contribution in [2.75, 3.05) is 17.2 Å². The van der Waals surface area contributed by atoms with Crippen LogP contribution in [-0.4, -0.2) is 33.8 Å². The summed E-state index contributed by atoms with van der Waals surface area (Å²) in [6, 6.07) is 0.173. The summed E-state index contributed by atoms with van der Waals surface area (Å²) in [7, 11) is 0. The maximum Gasteiger partial charge on any atom is 0.224 e. The van der Waals surface area contributed by atoms with Gasteiger partial charge in [0.2, 0.25) is 5.95 Å². The summed E-state index contributed by atoms with van der Waals surface area (Å²) < 4.78 is 13.7. The lowest BCUT2D eigenvalue weighted by atomic mass is 9.93. The van der Waals surface area contributed by atoms with Crippen LogP contribution in [0.4, 0.5) is 16.2 Å². The molecule has 0 amide bonds. The average Bonchev–Trinajstić information content (AvgIpc) is 2.42. The monoisotopic (exact) mass is 268 g/mol. The van der Waals surface area contributed by atoms with Crippen molar-refractivity contribution in [2.45, 2.75) is 51.2 Å². The first-order chi connectivity index (χ1) is 9.19. The molecule has 0 spiro atoms. The van der Waals surface area contributed by atoms with E-state index in [-0.39, 0.29) is 18.0 Å². The largest absolute Gasteiger partial charge is 0.393 e. The molecule has 1 aromatic rings. The highest BCUT2D eigenvalue weighted by Crippen LogP contribution is 2.22. The number of nitrogens with one attached hydrogen (secondary N) is 2. The van der Waals surface area contributed by atoms with E-state index in [0.29, 0.717) is 5.95 Å². The fourth-order valence-corrected chi connectivity index (χ4v) is 2.20. The molecule has 0 unspecified atom stereocenters. The van der Waals surface area contributed by atoms with Crippen molar-refractivity contribution >= 4 is 11.8 Å². The van der Waals surface area contributed by atoms with Gasteiger partial charge in [-0.3, -0.25) is 0 Å². The van der Waals surface area contributed by atoms with E-state index in [1.165, 1.54) is 6.20 Å². The zero-order valence-electron chi connectivity index (χ0n) is 11.2. The number of nitrogens with zero attached hydrogens (tertiary/aromatic N) is 2. The van der Waals surface area contributed by atoms with Gasteiger partial charge in [-0.15, -0.1) is 0 Å². The third-order valence-electron chi connectivity index (χ3n) is 3.31. The van der Waals surface area contributed by atoms with Crippen LogP contribution in [-0.2, 0) is 0 Å². The molecule has 1 aliphatic rings. The van der Waals surface area contributed by atoms with E-state index in [1.54, 1.807) is 0 Å². The van der Waals surface area contributed by atoms with Crippen LogP contribution in [0.1, 0.15) is 39.0 Å². The van der Waals surface area contributed by atoms with Crippen molar-refractivity contribution in [3.05, 3.63) is 12.0 Å². The Morgan fingerprint density at radius 1 is 1.37 bits per heavy atom. The maximum atomic E-state index is 13.7. The second kappa shape index (κ2) is 6.65. The number of halogens is 1. The first kappa shape index (κ1) is 14.0. The number of aliphatic hydroxyl groups is 1. The molecule has 1 fully saturated rings. The van der Waals surface area contributed by atoms with Gasteiger partial charge in [-0.2, -0.15) is 4.98 Å². The van der Waals surface area contributed by atoms with Crippen LogP contribution in [0.5, 0.6) is 0 Å². The number of hydrogen-bond donors (Lipinski definition) is 3. The Morgan fingerprint density at radius 2 is 2.11 bits per heavy atom. The van der Waals surface area contributed by atoms with Crippen LogP contribution in [0.25, 0.3) is 0 Å². The predicted octanol–water partition coefficient (Wildman–Crippen LogP) is 2.15. The molecule has 0 aliphatic heterocycles. The number of aromatic nitrogens is 2. The average molecular weight is 268 g/mol. The van der Waals surface area contributed by atoms with Crippen molar-refractivity contribution in [3.8, 4) is 0 Å². The van der Waals surface area contributed by atoms with Crippen LogP contribution in [0, 0.1) is 5.82 Å². The van der Waals surface area contributed by atoms with Gasteiger partial charge in [-0.05, 0) is 32.1 Å². The zero-order valence-corrected chi connectivity index (χ0v) is 11.2. The highest BCUT2D eigenvalue weighted by molar-refractivity contribution is 5.41. The smallest absolute Gasteiger partial charge is 0.224 e. The van der Waals surface area contributed by atoms with Crippen molar-refractivity contribution < 1.29 is 9.50 Å². The fraction of sp³-hybridized carbons (Fsp3) is 0.692. The van der Waals surface area contributed by atoms with Crippen molar-refractivity contribution in [3.63, 3.8) is 0 Å². The molecule has 6 heteroatoms. The summed E-state index contributed by atoms with van der Waals surface area (Å²) in [6.45, 7) is 2.81. The molecule has 2 rings (SSSR count). The van der Waals surface area contributed by atoms with Crippen LogP contribution >= 0.6 is 0 Å². The normalized spacial score (nSPS) is 23.1. The Kier molecular flexibility index (Phi) is 4.90. The molecule has 0 atom stereocenters. The minimum Gasteiger partial charge on any atom is -0.393 e. The molecular formula is C13H21FN4O. The second-order valence-corrected chi connectivity index (χ2v) is 4.97. The first-order valence-corrected chi connectivity index (χ1v) is 6.90. The Balaban J connectivity index is 1.98. The van der Waals surface area contributed by atoms with Gasteiger partial charge in [0, 0.05) is 12.6 Å². The van der Waals surface area contributed by atoms with E-state index < -0.39 is 5.82 Å². The van der Waals surface area contributed by atoms with Crippen LogP contribution in [0.3, 0.4) is 0 Å². The number of anilines is 2. The molecule has 5 nitrogen and oxygen atoms in total. The lowest BCUT2D eigenvalue weighted by Gasteiger charge is -2.26. The van der Waals surface area contributed by atoms with Gasteiger partial charge in [0.15, 0.2) is 11.6 Å². The molecule has 1 heterocycles. The number of aliphatic hydroxyl groups excluding tert-OH is 1. The van der Waals surface area contributed by atoms with E-state index in [0.717, 1.165) is 38.6 Å². The molecule has 1 aliphatic carbocycles. The first-order valence-electron chi connectivity index (χ1n) is 6.90.